The predicted octanol–water partition coefficient (Wildman–Crippen LogP) is 2.71. The van der Waals surface area contributed by atoms with Gasteiger partial charge >= 0.3 is 0 Å². The van der Waals surface area contributed by atoms with Gasteiger partial charge in [-0.3, -0.25) is 14.9 Å². The van der Waals surface area contributed by atoms with Crippen LogP contribution in [0.2, 0.25) is 0 Å². The number of aryl methyl sites for hydroxylation is 1. The Kier molecular flexibility index (Phi) is 4.64. The Balaban J connectivity index is 1.29. The lowest BCUT2D eigenvalue weighted by Gasteiger charge is -2.41. The quantitative estimate of drug-likeness (QED) is 0.517. The largest absolute Gasteiger partial charge is 0.507 e. The minimum absolute atomic E-state index is 0.193. The van der Waals surface area contributed by atoms with E-state index in [2.05, 4.69) is 31.6 Å². The molecule has 32 heavy (non-hydrogen) atoms. The van der Waals surface area contributed by atoms with Gasteiger partial charge in [-0.05, 0) is 41.5 Å². The van der Waals surface area contributed by atoms with Crippen molar-refractivity contribution >= 4 is 10.9 Å². The third-order valence-corrected chi connectivity index (χ3v) is 6.38. The van der Waals surface area contributed by atoms with E-state index in [4.69, 9.17) is 4.74 Å². The van der Waals surface area contributed by atoms with E-state index in [1.54, 1.807) is 10.7 Å². The summed E-state index contributed by atoms with van der Waals surface area (Å²) in [6.45, 7) is 3.25. The van der Waals surface area contributed by atoms with Gasteiger partial charge in [0.2, 0.25) is 0 Å². The molecule has 2 aromatic carbocycles. The lowest BCUT2D eigenvalue weighted by atomic mass is 9.93. The van der Waals surface area contributed by atoms with Gasteiger partial charge in [-0.2, -0.15) is 15.3 Å². The topological polar surface area (TPSA) is 88.3 Å². The average Bonchev–Trinajstić information content (AvgIpc) is 3.41. The van der Waals surface area contributed by atoms with Gasteiger partial charge in [0.1, 0.15) is 5.75 Å². The van der Waals surface area contributed by atoms with Crippen LogP contribution in [0.3, 0.4) is 0 Å². The maximum Gasteiger partial charge on any atom is 0.125 e. The molecule has 1 unspecified atom stereocenters. The number of phenolic OH excluding ortho intramolecular Hbond substituents is 1. The second-order valence-corrected chi connectivity index (χ2v) is 8.51. The highest BCUT2D eigenvalue weighted by atomic mass is 16.5. The molecule has 2 saturated heterocycles. The summed E-state index contributed by atoms with van der Waals surface area (Å²) in [5, 5.41) is 28.6. The van der Waals surface area contributed by atoms with Gasteiger partial charge < -0.3 is 9.84 Å². The Labute approximate surface area is 185 Å². The monoisotopic (exact) mass is 428 g/mol. The molecule has 0 radical (unpaired) electrons. The first kappa shape index (κ1) is 19.4. The molecular formula is C24H24N6O2. The number of fused-ring (bicyclic) bond motifs is 1. The summed E-state index contributed by atoms with van der Waals surface area (Å²) in [4.78, 5) is 2.36. The number of nitrogens with one attached hydrogen (secondary N) is 1. The Hall–Kier alpha value is -3.33. The van der Waals surface area contributed by atoms with Crippen molar-refractivity contribution in [3.63, 3.8) is 0 Å². The molecule has 2 fully saturated rings. The summed E-state index contributed by atoms with van der Waals surface area (Å²) in [6, 6.07) is 15.7. The molecule has 0 spiro atoms. The van der Waals surface area contributed by atoms with Gasteiger partial charge in [-0.25, -0.2) is 0 Å². The lowest BCUT2D eigenvalue weighted by Crippen LogP contribution is -2.55. The van der Waals surface area contributed by atoms with Crippen molar-refractivity contribution in [3.05, 3.63) is 60.4 Å². The van der Waals surface area contributed by atoms with Crippen LogP contribution in [0.5, 0.6) is 5.75 Å². The van der Waals surface area contributed by atoms with Crippen LogP contribution in [0.4, 0.5) is 0 Å². The lowest BCUT2D eigenvalue weighted by molar-refractivity contribution is 0.0704. The van der Waals surface area contributed by atoms with E-state index < -0.39 is 0 Å². The molecule has 2 aliphatic heterocycles. The predicted molar refractivity (Wildman–Crippen MR) is 121 cm³/mol. The van der Waals surface area contributed by atoms with Crippen LogP contribution in [0, 0.1) is 0 Å². The van der Waals surface area contributed by atoms with Gasteiger partial charge in [-0.1, -0.05) is 18.2 Å². The molecular weight excluding hydrogens is 404 g/mol. The van der Waals surface area contributed by atoms with E-state index in [0.29, 0.717) is 30.1 Å². The Morgan fingerprint density at radius 3 is 2.78 bits per heavy atom. The maximum atomic E-state index is 10.7. The number of aromatic nitrogens is 4. The fourth-order valence-corrected chi connectivity index (χ4v) is 4.63. The van der Waals surface area contributed by atoms with Gasteiger partial charge in [0, 0.05) is 37.6 Å². The van der Waals surface area contributed by atoms with Crippen LogP contribution in [0.15, 0.2) is 54.7 Å². The summed E-state index contributed by atoms with van der Waals surface area (Å²) in [5.74, 6) is 0.564. The van der Waals surface area contributed by atoms with Crippen LogP contribution >= 0.6 is 0 Å². The second-order valence-electron chi connectivity index (χ2n) is 8.51. The first-order valence-electron chi connectivity index (χ1n) is 10.8. The molecule has 0 bridgehead atoms. The van der Waals surface area contributed by atoms with Crippen molar-refractivity contribution in [3.8, 4) is 28.1 Å². The average molecular weight is 428 g/mol. The summed E-state index contributed by atoms with van der Waals surface area (Å²) in [7, 11) is 1.91. The van der Waals surface area contributed by atoms with Crippen molar-refractivity contribution in [2.75, 3.05) is 26.4 Å². The molecule has 0 aliphatic carbocycles. The molecule has 8 heteroatoms. The van der Waals surface area contributed by atoms with E-state index in [0.717, 1.165) is 47.4 Å². The number of hydrogen-bond acceptors (Lipinski definition) is 7. The number of phenols is 1. The van der Waals surface area contributed by atoms with Crippen LogP contribution < -0.4 is 5.32 Å². The highest BCUT2D eigenvalue weighted by Gasteiger charge is 2.35. The van der Waals surface area contributed by atoms with Crippen molar-refractivity contribution in [2.45, 2.75) is 12.1 Å². The summed E-state index contributed by atoms with van der Waals surface area (Å²) in [6.07, 6.45) is 2.30. The van der Waals surface area contributed by atoms with Gasteiger partial charge in [0.25, 0.3) is 0 Å². The van der Waals surface area contributed by atoms with Crippen molar-refractivity contribution in [1.29, 1.82) is 0 Å². The zero-order valence-electron chi connectivity index (χ0n) is 17.8. The number of benzene rings is 2. The normalized spacial score (nSPS) is 19.5. The molecule has 0 saturated carbocycles. The van der Waals surface area contributed by atoms with Crippen LogP contribution in [-0.4, -0.2) is 62.6 Å². The summed E-state index contributed by atoms with van der Waals surface area (Å²) >= 11 is 0. The molecule has 1 atom stereocenters. The molecule has 2 aromatic heterocycles. The smallest absolute Gasteiger partial charge is 0.125 e. The van der Waals surface area contributed by atoms with E-state index in [-0.39, 0.29) is 5.75 Å². The van der Waals surface area contributed by atoms with Crippen molar-refractivity contribution < 1.29 is 9.84 Å². The van der Waals surface area contributed by atoms with E-state index >= 15 is 0 Å². The van der Waals surface area contributed by atoms with Crippen molar-refractivity contribution in [1.82, 2.24) is 30.2 Å². The first-order chi connectivity index (χ1) is 15.7. The van der Waals surface area contributed by atoms with Crippen LogP contribution in [0.1, 0.15) is 11.6 Å². The standard InChI is InChI=1S/C24H24N6O2/c1-29-10-16-9-15(5-6-20(16)28-29)18-3-2-4-22(31)24(18)21-8-7-19(26-27-21)17-11-30(12-17)23-13-32-14-25-23/h2-10,17,23,25,31H,11-14H2,1H3. The van der Waals surface area contributed by atoms with Gasteiger partial charge in [-0.15, -0.1) is 0 Å². The zero-order chi connectivity index (χ0) is 21.7. The fourth-order valence-electron chi connectivity index (χ4n) is 4.63. The molecule has 4 aromatic rings. The Morgan fingerprint density at radius 2 is 2.00 bits per heavy atom. The number of ether oxygens (including phenoxy) is 1. The minimum Gasteiger partial charge on any atom is -0.507 e. The van der Waals surface area contributed by atoms with Crippen LogP contribution in [-0.2, 0) is 11.8 Å². The highest BCUT2D eigenvalue weighted by molar-refractivity contribution is 5.90. The third-order valence-electron chi connectivity index (χ3n) is 6.38. The first-order valence-corrected chi connectivity index (χ1v) is 10.8. The molecule has 2 aliphatic rings. The summed E-state index contributed by atoms with van der Waals surface area (Å²) in [5.41, 5.74) is 5.20. The van der Waals surface area contributed by atoms with Gasteiger partial charge in [0.05, 0.1) is 42.0 Å². The maximum absolute atomic E-state index is 10.7. The zero-order valence-corrected chi connectivity index (χ0v) is 17.8. The minimum atomic E-state index is 0.193. The van der Waals surface area contributed by atoms with E-state index in [9.17, 15) is 5.11 Å². The van der Waals surface area contributed by atoms with E-state index in [1.165, 1.54) is 0 Å². The number of likely N-dealkylation sites (tertiary alicyclic amines) is 1. The SMILES string of the molecule is Cn1cc2cc(-c3cccc(O)c3-c3ccc(C4CN(C5COCN5)C4)nn3)ccc2n1. The van der Waals surface area contributed by atoms with E-state index in [1.807, 2.05) is 49.6 Å². The number of rotatable bonds is 4. The summed E-state index contributed by atoms with van der Waals surface area (Å²) < 4.78 is 7.20. The second kappa shape index (κ2) is 7.67. The number of aromatic hydroxyl groups is 1. The molecule has 8 nitrogen and oxygen atoms in total. The fraction of sp³-hybridized carbons (Fsp3) is 0.292. The Bertz CT molecular complexity index is 1270. The van der Waals surface area contributed by atoms with Crippen LogP contribution in [0.25, 0.3) is 33.3 Å². The molecule has 4 heterocycles. The molecule has 2 N–H and O–H groups in total. The molecule has 6 rings (SSSR count). The van der Waals surface area contributed by atoms with Gasteiger partial charge in [0.15, 0.2) is 0 Å². The number of hydrogen-bond donors (Lipinski definition) is 2. The molecule has 162 valence electrons. The number of nitrogens with zero attached hydrogens (tertiary/aromatic N) is 5. The third kappa shape index (κ3) is 3.33. The Morgan fingerprint density at radius 1 is 1.09 bits per heavy atom. The highest BCUT2D eigenvalue weighted by Crippen LogP contribution is 2.38. The molecule has 0 amide bonds. The van der Waals surface area contributed by atoms with Crippen molar-refractivity contribution in [2.24, 2.45) is 7.05 Å².